The van der Waals surface area contributed by atoms with Crippen LogP contribution in [0, 0.1) is 6.92 Å². The van der Waals surface area contributed by atoms with Gasteiger partial charge in [0.1, 0.15) is 11.6 Å². The number of nitrogens with zero attached hydrogens (tertiary/aromatic N) is 2. The second-order valence-electron chi connectivity index (χ2n) is 5.84. The summed E-state index contributed by atoms with van der Waals surface area (Å²) in [6.07, 6.45) is 0. The van der Waals surface area contributed by atoms with Crippen LogP contribution in [0.1, 0.15) is 24.4 Å². The summed E-state index contributed by atoms with van der Waals surface area (Å²) in [7, 11) is 3.48. The third-order valence-electron chi connectivity index (χ3n) is 4.20. The van der Waals surface area contributed by atoms with Gasteiger partial charge in [0.25, 0.3) is 5.56 Å². The molecular formula is C19H21N3O2. The molecule has 0 aliphatic carbocycles. The van der Waals surface area contributed by atoms with Crippen molar-refractivity contribution < 1.29 is 4.74 Å². The Morgan fingerprint density at radius 1 is 1.17 bits per heavy atom. The lowest BCUT2D eigenvalue weighted by Crippen LogP contribution is -2.28. The fourth-order valence-corrected chi connectivity index (χ4v) is 2.72. The van der Waals surface area contributed by atoms with Gasteiger partial charge in [0.15, 0.2) is 0 Å². The monoisotopic (exact) mass is 323 g/mol. The van der Waals surface area contributed by atoms with Crippen molar-refractivity contribution in [3.8, 4) is 11.4 Å². The summed E-state index contributed by atoms with van der Waals surface area (Å²) in [5.74, 6) is 1.43. The van der Waals surface area contributed by atoms with E-state index < -0.39 is 0 Å². The number of aryl methyl sites for hydroxylation is 1. The van der Waals surface area contributed by atoms with Crippen LogP contribution in [0.15, 0.2) is 47.3 Å². The first kappa shape index (κ1) is 16.2. The minimum Gasteiger partial charge on any atom is -0.497 e. The summed E-state index contributed by atoms with van der Waals surface area (Å²) < 4.78 is 6.87. The number of ether oxygens (including phenoxy) is 1. The van der Waals surface area contributed by atoms with Crippen molar-refractivity contribution in [3.63, 3.8) is 0 Å². The SMILES string of the molecule is CNC(C)c1nc2ccc(C)cc2c(=O)n1-c1ccc(OC)cc1. The molecule has 0 fully saturated rings. The summed E-state index contributed by atoms with van der Waals surface area (Å²) in [5, 5.41) is 3.79. The maximum atomic E-state index is 13.1. The van der Waals surface area contributed by atoms with E-state index in [9.17, 15) is 4.79 Å². The van der Waals surface area contributed by atoms with Crippen molar-refractivity contribution in [2.45, 2.75) is 19.9 Å². The number of aromatic nitrogens is 2. The molecule has 0 saturated heterocycles. The normalized spacial score (nSPS) is 12.3. The first-order valence-electron chi connectivity index (χ1n) is 7.90. The number of benzene rings is 2. The van der Waals surface area contributed by atoms with Crippen LogP contribution in [0.3, 0.4) is 0 Å². The van der Waals surface area contributed by atoms with Gasteiger partial charge in [-0.2, -0.15) is 0 Å². The molecule has 5 nitrogen and oxygen atoms in total. The molecule has 0 aliphatic heterocycles. The third-order valence-corrected chi connectivity index (χ3v) is 4.20. The molecule has 0 bridgehead atoms. The van der Waals surface area contributed by atoms with Crippen molar-refractivity contribution in [2.24, 2.45) is 0 Å². The standard InChI is InChI=1S/C19H21N3O2/c1-12-5-10-17-16(11-12)19(23)22(18(21-17)13(2)20-3)14-6-8-15(24-4)9-7-14/h5-11,13,20H,1-4H3. The molecule has 1 unspecified atom stereocenters. The van der Waals surface area contributed by atoms with Gasteiger partial charge in [0.2, 0.25) is 0 Å². The summed E-state index contributed by atoms with van der Waals surface area (Å²) in [6.45, 7) is 3.96. The van der Waals surface area contributed by atoms with Gasteiger partial charge in [-0.1, -0.05) is 11.6 Å². The first-order valence-corrected chi connectivity index (χ1v) is 7.90. The number of fused-ring (bicyclic) bond motifs is 1. The molecule has 2 aromatic carbocycles. The molecule has 124 valence electrons. The molecule has 1 atom stereocenters. The lowest BCUT2D eigenvalue weighted by Gasteiger charge is -2.18. The van der Waals surface area contributed by atoms with Crippen molar-refractivity contribution in [1.29, 1.82) is 0 Å². The Hall–Kier alpha value is -2.66. The minimum absolute atomic E-state index is 0.0639. The second-order valence-corrected chi connectivity index (χ2v) is 5.84. The zero-order valence-corrected chi connectivity index (χ0v) is 14.3. The zero-order valence-electron chi connectivity index (χ0n) is 14.3. The highest BCUT2D eigenvalue weighted by Gasteiger charge is 2.17. The molecule has 1 N–H and O–H groups in total. The van der Waals surface area contributed by atoms with E-state index in [1.54, 1.807) is 11.7 Å². The molecule has 0 radical (unpaired) electrons. The quantitative estimate of drug-likeness (QED) is 0.802. The number of rotatable bonds is 4. The van der Waals surface area contributed by atoms with Crippen LogP contribution >= 0.6 is 0 Å². The molecule has 0 aliphatic rings. The molecule has 1 aromatic heterocycles. The number of methoxy groups -OCH3 is 1. The maximum absolute atomic E-state index is 13.1. The summed E-state index contributed by atoms with van der Waals surface area (Å²) in [5.41, 5.74) is 2.46. The minimum atomic E-state index is -0.0643. The Labute approximate surface area is 140 Å². The van der Waals surface area contributed by atoms with E-state index in [0.717, 1.165) is 17.0 Å². The lowest BCUT2D eigenvalue weighted by molar-refractivity contribution is 0.414. The van der Waals surface area contributed by atoms with E-state index in [0.29, 0.717) is 16.7 Å². The molecule has 3 rings (SSSR count). The Kier molecular flexibility index (Phi) is 4.36. The lowest BCUT2D eigenvalue weighted by atomic mass is 10.1. The van der Waals surface area contributed by atoms with Crippen LogP contribution in [0.5, 0.6) is 5.75 Å². The highest BCUT2D eigenvalue weighted by molar-refractivity contribution is 5.78. The van der Waals surface area contributed by atoms with E-state index >= 15 is 0 Å². The smallest absolute Gasteiger partial charge is 0.266 e. The van der Waals surface area contributed by atoms with Gasteiger partial charge in [-0.3, -0.25) is 9.36 Å². The highest BCUT2D eigenvalue weighted by Crippen LogP contribution is 2.20. The van der Waals surface area contributed by atoms with Gasteiger partial charge in [-0.25, -0.2) is 4.98 Å². The van der Waals surface area contributed by atoms with E-state index in [2.05, 4.69) is 5.32 Å². The molecule has 5 heteroatoms. The Morgan fingerprint density at radius 3 is 2.50 bits per heavy atom. The Bertz CT molecular complexity index is 930. The van der Waals surface area contributed by atoms with Crippen molar-refractivity contribution in [2.75, 3.05) is 14.2 Å². The van der Waals surface area contributed by atoms with Gasteiger partial charge >= 0.3 is 0 Å². The molecular weight excluding hydrogens is 302 g/mol. The van der Waals surface area contributed by atoms with Gasteiger partial charge in [-0.05, 0) is 57.3 Å². The summed E-state index contributed by atoms with van der Waals surface area (Å²) in [4.78, 5) is 17.9. The average molecular weight is 323 g/mol. The highest BCUT2D eigenvalue weighted by atomic mass is 16.5. The average Bonchev–Trinajstić information content (AvgIpc) is 2.61. The third kappa shape index (κ3) is 2.78. The zero-order chi connectivity index (χ0) is 17.3. The molecule has 0 saturated carbocycles. The van der Waals surface area contributed by atoms with Crippen LogP contribution in [0.2, 0.25) is 0 Å². The molecule has 3 aromatic rings. The number of hydrogen-bond donors (Lipinski definition) is 1. The van der Waals surface area contributed by atoms with Gasteiger partial charge < -0.3 is 10.1 Å². The first-order chi connectivity index (χ1) is 11.5. The predicted molar refractivity (Wildman–Crippen MR) is 96.1 cm³/mol. The van der Waals surface area contributed by atoms with Crippen molar-refractivity contribution >= 4 is 10.9 Å². The Balaban J connectivity index is 2.33. The Morgan fingerprint density at radius 2 is 1.88 bits per heavy atom. The summed E-state index contributed by atoms with van der Waals surface area (Å²) in [6, 6.07) is 13.1. The van der Waals surface area contributed by atoms with Crippen LogP contribution in [0.25, 0.3) is 16.6 Å². The van der Waals surface area contributed by atoms with Gasteiger partial charge in [-0.15, -0.1) is 0 Å². The van der Waals surface area contributed by atoms with E-state index in [-0.39, 0.29) is 11.6 Å². The van der Waals surface area contributed by atoms with E-state index in [1.165, 1.54) is 0 Å². The van der Waals surface area contributed by atoms with Crippen LogP contribution in [0.4, 0.5) is 0 Å². The predicted octanol–water partition coefficient (Wildman–Crippen LogP) is 2.98. The van der Waals surface area contributed by atoms with Crippen LogP contribution in [-0.4, -0.2) is 23.7 Å². The number of hydrogen-bond acceptors (Lipinski definition) is 4. The molecule has 0 spiro atoms. The van der Waals surface area contributed by atoms with Gasteiger partial charge in [0, 0.05) is 0 Å². The topological polar surface area (TPSA) is 56.2 Å². The van der Waals surface area contributed by atoms with Crippen LogP contribution in [-0.2, 0) is 0 Å². The van der Waals surface area contributed by atoms with E-state index in [1.807, 2.05) is 63.4 Å². The fourth-order valence-electron chi connectivity index (χ4n) is 2.72. The summed E-state index contributed by atoms with van der Waals surface area (Å²) >= 11 is 0. The van der Waals surface area contributed by atoms with E-state index in [4.69, 9.17) is 9.72 Å². The molecule has 1 heterocycles. The second kappa shape index (κ2) is 6.45. The number of nitrogens with one attached hydrogen (secondary N) is 1. The maximum Gasteiger partial charge on any atom is 0.266 e. The molecule has 24 heavy (non-hydrogen) atoms. The van der Waals surface area contributed by atoms with Crippen LogP contribution < -0.4 is 15.6 Å². The van der Waals surface area contributed by atoms with Gasteiger partial charge in [0.05, 0.1) is 29.7 Å². The van der Waals surface area contributed by atoms with Crippen molar-refractivity contribution in [3.05, 3.63) is 64.2 Å². The largest absolute Gasteiger partial charge is 0.497 e. The van der Waals surface area contributed by atoms with Crippen molar-refractivity contribution in [1.82, 2.24) is 14.9 Å². The fraction of sp³-hybridized carbons (Fsp3) is 0.263. The molecule has 0 amide bonds.